The van der Waals surface area contributed by atoms with Gasteiger partial charge in [-0.3, -0.25) is 9.89 Å². The van der Waals surface area contributed by atoms with E-state index >= 15 is 0 Å². The predicted octanol–water partition coefficient (Wildman–Crippen LogP) is 2.20. The van der Waals surface area contributed by atoms with E-state index in [1.54, 1.807) is 0 Å². The fraction of sp³-hybridized carbons (Fsp3) is 0.933. The Kier molecular flexibility index (Phi) is 5.75. The highest BCUT2D eigenvalue weighted by Crippen LogP contribution is 2.31. The van der Waals surface area contributed by atoms with Crippen molar-refractivity contribution in [3.8, 4) is 0 Å². The van der Waals surface area contributed by atoms with Crippen LogP contribution in [0.2, 0.25) is 0 Å². The third-order valence-electron chi connectivity index (χ3n) is 3.71. The Labute approximate surface area is 127 Å². The van der Waals surface area contributed by atoms with E-state index in [-0.39, 0.29) is 0 Å². The number of likely N-dealkylation sites (N-methyl/N-ethyl adjacent to an activating group) is 1. The van der Waals surface area contributed by atoms with Crippen LogP contribution in [0.25, 0.3) is 0 Å². The Bertz CT molecular complexity index is 341. The number of rotatable bonds is 4. The first-order valence-electron chi connectivity index (χ1n) is 7.75. The van der Waals surface area contributed by atoms with E-state index in [0.717, 1.165) is 44.5 Å². The first kappa shape index (κ1) is 16.1. The number of amidine groups is 1. The van der Waals surface area contributed by atoms with Crippen LogP contribution in [-0.2, 0) is 4.74 Å². The van der Waals surface area contributed by atoms with Crippen LogP contribution in [0.1, 0.15) is 34.1 Å². The predicted molar refractivity (Wildman–Crippen MR) is 87.6 cm³/mol. The molecule has 2 unspecified atom stereocenters. The molecule has 2 aliphatic heterocycles. The van der Waals surface area contributed by atoms with Gasteiger partial charge < -0.3 is 10.1 Å². The lowest BCUT2D eigenvalue weighted by molar-refractivity contribution is -0.0232. The monoisotopic (exact) mass is 299 g/mol. The molecule has 0 spiro atoms. The van der Waals surface area contributed by atoms with Gasteiger partial charge in [-0.1, -0.05) is 39.5 Å². The largest absolute Gasteiger partial charge is 0.374 e. The maximum atomic E-state index is 5.81. The molecule has 1 N–H and O–H groups in total. The summed E-state index contributed by atoms with van der Waals surface area (Å²) in [5, 5.41) is 5.22. The molecule has 5 heteroatoms. The van der Waals surface area contributed by atoms with E-state index < -0.39 is 0 Å². The number of ether oxygens (including phenoxy) is 1. The summed E-state index contributed by atoms with van der Waals surface area (Å²) in [6.45, 7) is 15.0. The molecule has 2 aliphatic rings. The third kappa shape index (κ3) is 5.26. The summed E-state index contributed by atoms with van der Waals surface area (Å²) >= 11 is 1.90. The Balaban J connectivity index is 1.68. The Morgan fingerprint density at radius 3 is 2.95 bits per heavy atom. The van der Waals surface area contributed by atoms with Crippen molar-refractivity contribution < 1.29 is 4.74 Å². The first-order chi connectivity index (χ1) is 9.46. The number of aliphatic imine (C=N–C) groups is 1. The van der Waals surface area contributed by atoms with Crippen molar-refractivity contribution in [3.63, 3.8) is 0 Å². The minimum absolute atomic E-state index is 0.300. The minimum atomic E-state index is 0.300. The molecule has 1 fully saturated rings. The highest BCUT2D eigenvalue weighted by atomic mass is 32.2. The molecular formula is C15H29N3OS. The second kappa shape index (κ2) is 7.14. The van der Waals surface area contributed by atoms with Crippen LogP contribution >= 0.6 is 11.8 Å². The SMILES string of the molecule is CCN1CCOC(CNC2=NCC(CC(C)(C)C)S2)C1. The van der Waals surface area contributed by atoms with E-state index in [4.69, 9.17) is 4.74 Å². The summed E-state index contributed by atoms with van der Waals surface area (Å²) < 4.78 is 5.81. The molecule has 0 bridgehead atoms. The van der Waals surface area contributed by atoms with Crippen LogP contribution in [0, 0.1) is 5.41 Å². The molecule has 2 heterocycles. The molecular weight excluding hydrogens is 270 g/mol. The fourth-order valence-corrected chi connectivity index (χ4v) is 4.06. The minimum Gasteiger partial charge on any atom is -0.374 e. The van der Waals surface area contributed by atoms with Crippen molar-refractivity contribution in [2.24, 2.45) is 10.4 Å². The Morgan fingerprint density at radius 2 is 2.25 bits per heavy atom. The standard InChI is InChI=1S/C15H29N3OS/c1-5-18-6-7-19-12(11-18)9-16-14-17-10-13(20-14)8-15(2,3)4/h12-13H,5-11H2,1-4H3,(H,16,17). The van der Waals surface area contributed by atoms with E-state index in [0.29, 0.717) is 16.8 Å². The number of thioether (sulfide) groups is 1. The van der Waals surface area contributed by atoms with Gasteiger partial charge in [-0.2, -0.15) is 0 Å². The van der Waals surface area contributed by atoms with Gasteiger partial charge >= 0.3 is 0 Å². The van der Waals surface area contributed by atoms with E-state index in [9.17, 15) is 0 Å². The smallest absolute Gasteiger partial charge is 0.157 e. The number of nitrogens with one attached hydrogen (secondary N) is 1. The summed E-state index contributed by atoms with van der Waals surface area (Å²) in [4.78, 5) is 7.07. The number of morpholine rings is 1. The fourth-order valence-electron chi connectivity index (χ4n) is 2.70. The molecule has 2 rings (SSSR count). The van der Waals surface area contributed by atoms with E-state index in [1.807, 2.05) is 11.8 Å². The molecule has 0 aromatic rings. The average molecular weight is 299 g/mol. The summed E-state index contributed by atoms with van der Waals surface area (Å²) in [7, 11) is 0. The number of hydrogen-bond donors (Lipinski definition) is 1. The second-order valence-electron chi connectivity index (χ2n) is 6.92. The third-order valence-corrected chi connectivity index (χ3v) is 4.85. The Morgan fingerprint density at radius 1 is 1.45 bits per heavy atom. The van der Waals surface area contributed by atoms with Crippen LogP contribution < -0.4 is 5.32 Å². The molecule has 1 saturated heterocycles. The van der Waals surface area contributed by atoms with Gasteiger partial charge in [0.15, 0.2) is 5.17 Å². The first-order valence-corrected chi connectivity index (χ1v) is 8.63. The lowest BCUT2D eigenvalue weighted by Crippen LogP contribution is -2.47. The molecule has 0 saturated carbocycles. The Hall–Kier alpha value is -0.260. The maximum absolute atomic E-state index is 5.81. The zero-order chi connectivity index (χ0) is 14.6. The number of hydrogen-bond acceptors (Lipinski definition) is 5. The lowest BCUT2D eigenvalue weighted by atomic mass is 9.90. The second-order valence-corrected chi connectivity index (χ2v) is 8.21. The summed E-state index contributed by atoms with van der Waals surface area (Å²) in [6.07, 6.45) is 1.52. The number of nitrogens with zero attached hydrogens (tertiary/aromatic N) is 2. The van der Waals surface area contributed by atoms with Crippen LogP contribution in [0.15, 0.2) is 4.99 Å². The molecule has 4 nitrogen and oxygen atoms in total. The van der Waals surface area contributed by atoms with Gasteiger partial charge in [0.25, 0.3) is 0 Å². The van der Waals surface area contributed by atoms with E-state index in [1.165, 1.54) is 6.42 Å². The van der Waals surface area contributed by atoms with Gasteiger partial charge in [0.1, 0.15) is 0 Å². The van der Waals surface area contributed by atoms with Crippen LogP contribution in [-0.4, -0.2) is 60.8 Å². The molecule has 0 aromatic heterocycles. The summed E-state index contributed by atoms with van der Waals surface area (Å²) in [5.74, 6) is 0. The van der Waals surface area contributed by atoms with Gasteiger partial charge in [-0.05, 0) is 18.4 Å². The highest BCUT2D eigenvalue weighted by Gasteiger charge is 2.26. The molecule has 0 aliphatic carbocycles. The van der Waals surface area contributed by atoms with Crippen molar-refractivity contribution in [2.45, 2.75) is 45.5 Å². The van der Waals surface area contributed by atoms with Crippen LogP contribution in [0.4, 0.5) is 0 Å². The molecule has 0 amide bonds. The summed E-state index contributed by atoms with van der Waals surface area (Å²) in [6, 6.07) is 0. The molecule has 0 aromatic carbocycles. The van der Waals surface area contributed by atoms with Crippen molar-refractivity contribution in [1.29, 1.82) is 0 Å². The zero-order valence-corrected chi connectivity index (χ0v) is 14.1. The zero-order valence-electron chi connectivity index (χ0n) is 13.3. The molecule has 20 heavy (non-hydrogen) atoms. The van der Waals surface area contributed by atoms with Gasteiger partial charge in [0.05, 0.1) is 19.3 Å². The van der Waals surface area contributed by atoms with Crippen LogP contribution in [0.5, 0.6) is 0 Å². The van der Waals surface area contributed by atoms with Gasteiger partial charge in [-0.15, -0.1) is 0 Å². The molecule has 2 atom stereocenters. The van der Waals surface area contributed by atoms with Crippen molar-refractivity contribution in [1.82, 2.24) is 10.2 Å². The molecule has 116 valence electrons. The quantitative estimate of drug-likeness (QED) is 0.863. The summed E-state index contributed by atoms with van der Waals surface area (Å²) in [5.41, 5.74) is 0.386. The van der Waals surface area contributed by atoms with Gasteiger partial charge in [0.2, 0.25) is 0 Å². The van der Waals surface area contributed by atoms with E-state index in [2.05, 4.69) is 42.9 Å². The van der Waals surface area contributed by atoms with Crippen LogP contribution in [0.3, 0.4) is 0 Å². The average Bonchev–Trinajstić information content (AvgIpc) is 2.82. The van der Waals surface area contributed by atoms with Gasteiger partial charge in [-0.25, -0.2) is 0 Å². The van der Waals surface area contributed by atoms with Crippen molar-refractivity contribution >= 4 is 16.9 Å². The topological polar surface area (TPSA) is 36.9 Å². The molecule has 0 radical (unpaired) electrons. The van der Waals surface area contributed by atoms with Crippen molar-refractivity contribution in [2.75, 3.05) is 39.3 Å². The highest BCUT2D eigenvalue weighted by molar-refractivity contribution is 8.14. The maximum Gasteiger partial charge on any atom is 0.157 e. The normalized spacial score (nSPS) is 28.5. The lowest BCUT2D eigenvalue weighted by Gasteiger charge is -2.32. The van der Waals surface area contributed by atoms with Crippen molar-refractivity contribution in [3.05, 3.63) is 0 Å². The van der Waals surface area contributed by atoms with Gasteiger partial charge in [0, 0.05) is 24.9 Å².